The molecule has 2 aromatic heterocycles. The second-order valence-corrected chi connectivity index (χ2v) is 8.13. The smallest absolute Gasteiger partial charge is 0.234 e. The summed E-state index contributed by atoms with van der Waals surface area (Å²) in [4.78, 5) is 19.9. The lowest BCUT2D eigenvalue weighted by Crippen LogP contribution is -2.52. The highest BCUT2D eigenvalue weighted by Crippen LogP contribution is 2.45. The average molecular weight is 357 g/mol. The second-order valence-electron chi connectivity index (χ2n) is 7.09. The fourth-order valence-electron chi connectivity index (χ4n) is 4.27. The monoisotopic (exact) mass is 357 g/mol. The molecule has 2 aromatic rings. The summed E-state index contributed by atoms with van der Waals surface area (Å²) in [6, 6.07) is 8.38. The molecule has 25 heavy (non-hydrogen) atoms. The molecule has 0 radical (unpaired) electrons. The van der Waals surface area contributed by atoms with E-state index in [2.05, 4.69) is 15.2 Å². The molecule has 2 aliphatic heterocycles. The van der Waals surface area contributed by atoms with Gasteiger partial charge in [-0.25, -0.2) is 0 Å². The first-order valence-electron chi connectivity index (χ1n) is 8.82. The van der Waals surface area contributed by atoms with Crippen LogP contribution in [0.1, 0.15) is 36.1 Å². The summed E-state index contributed by atoms with van der Waals surface area (Å²) < 4.78 is 0. The van der Waals surface area contributed by atoms with Crippen LogP contribution in [0.5, 0.6) is 0 Å². The molecule has 2 saturated heterocycles. The number of fused-ring (bicyclic) bond motifs is 2. The van der Waals surface area contributed by atoms with Gasteiger partial charge in [0.05, 0.1) is 18.7 Å². The van der Waals surface area contributed by atoms with Gasteiger partial charge in [0.15, 0.2) is 0 Å². The van der Waals surface area contributed by atoms with E-state index in [1.54, 1.807) is 23.7 Å². The Labute approximate surface area is 151 Å². The van der Waals surface area contributed by atoms with Crippen LogP contribution in [0.25, 0.3) is 0 Å². The van der Waals surface area contributed by atoms with Crippen LogP contribution in [0, 0.1) is 0 Å². The molecule has 2 aliphatic rings. The quantitative estimate of drug-likeness (QED) is 0.862. The molecule has 2 fully saturated rings. The summed E-state index contributed by atoms with van der Waals surface area (Å²) >= 11 is 1.65. The van der Waals surface area contributed by atoms with Crippen molar-refractivity contribution in [2.75, 3.05) is 6.54 Å². The average Bonchev–Trinajstić information content (AvgIpc) is 3.22. The van der Waals surface area contributed by atoms with Crippen molar-refractivity contribution in [3.63, 3.8) is 0 Å². The van der Waals surface area contributed by atoms with Gasteiger partial charge in [-0.1, -0.05) is 12.1 Å². The Morgan fingerprint density at radius 3 is 2.76 bits per heavy atom. The van der Waals surface area contributed by atoms with Gasteiger partial charge >= 0.3 is 0 Å². The Morgan fingerprint density at radius 1 is 1.32 bits per heavy atom. The molecular formula is C19H23N3O2S. The third-order valence-electron chi connectivity index (χ3n) is 5.48. The fraction of sp³-hybridized carbons (Fsp3) is 0.474. The number of nitrogens with zero attached hydrogens (tertiary/aromatic N) is 2. The third-order valence-corrected chi connectivity index (χ3v) is 6.36. The highest BCUT2D eigenvalue weighted by atomic mass is 32.1. The maximum absolute atomic E-state index is 12.3. The Hall–Kier alpha value is -1.76. The van der Waals surface area contributed by atoms with Gasteiger partial charge in [-0.15, -0.1) is 11.3 Å². The second kappa shape index (κ2) is 6.86. The fourth-order valence-corrected chi connectivity index (χ4v) is 4.91. The summed E-state index contributed by atoms with van der Waals surface area (Å²) in [6.07, 6.45) is 6.94. The minimum Gasteiger partial charge on any atom is -0.385 e. The Bertz CT molecular complexity index is 706. The predicted molar refractivity (Wildman–Crippen MR) is 97.0 cm³/mol. The number of carbonyl (C=O) groups excluding carboxylic acids is 1. The molecule has 3 atom stereocenters. The zero-order valence-corrected chi connectivity index (χ0v) is 14.9. The Balaban J connectivity index is 1.38. The van der Waals surface area contributed by atoms with Crippen LogP contribution in [-0.2, 0) is 16.9 Å². The van der Waals surface area contributed by atoms with Gasteiger partial charge < -0.3 is 10.4 Å². The summed E-state index contributed by atoms with van der Waals surface area (Å²) in [5.74, 6) is 0.0668. The van der Waals surface area contributed by atoms with Crippen LogP contribution >= 0.6 is 11.3 Å². The lowest BCUT2D eigenvalue weighted by atomic mass is 9.81. The van der Waals surface area contributed by atoms with E-state index in [9.17, 15) is 9.90 Å². The number of nitrogens with one attached hydrogen (secondary N) is 1. The van der Waals surface area contributed by atoms with Gasteiger partial charge in [0.1, 0.15) is 0 Å². The number of carbonyl (C=O) groups is 1. The van der Waals surface area contributed by atoms with Gasteiger partial charge in [-0.05, 0) is 43.2 Å². The van der Waals surface area contributed by atoms with Gasteiger partial charge in [0, 0.05) is 34.9 Å². The molecule has 4 rings (SSSR count). The van der Waals surface area contributed by atoms with E-state index in [1.165, 1.54) is 4.88 Å². The molecule has 0 aromatic carbocycles. The first kappa shape index (κ1) is 16.7. The maximum Gasteiger partial charge on any atom is 0.234 e. The predicted octanol–water partition coefficient (Wildman–Crippen LogP) is 2.27. The highest BCUT2D eigenvalue weighted by molar-refractivity contribution is 7.09. The molecule has 2 bridgehead atoms. The standard InChI is InChI=1S/C19H23N3O2S/c23-18(21-12-17-4-2-8-25-17)13-22-15-5-6-16(22)10-19(24,9-15)14-3-1-7-20-11-14/h1-4,7-8,11,15-16,24H,5-6,9-10,12-13H2,(H,21,23)/t15-,16+,19?. The van der Waals surface area contributed by atoms with Crippen LogP contribution in [0.4, 0.5) is 0 Å². The highest BCUT2D eigenvalue weighted by Gasteiger charge is 2.48. The summed E-state index contributed by atoms with van der Waals surface area (Å²) in [6.45, 7) is 1.02. The number of pyridine rings is 1. The number of thiophene rings is 1. The SMILES string of the molecule is O=C(CN1[C@@H]2CC[C@H]1CC(O)(c1cccnc1)C2)NCc1cccs1. The molecule has 4 heterocycles. The Morgan fingerprint density at radius 2 is 2.12 bits per heavy atom. The zero-order valence-electron chi connectivity index (χ0n) is 14.1. The summed E-state index contributed by atoms with van der Waals surface area (Å²) in [7, 11) is 0. The number of hydrogen-bond acceptors (Lipinski definition) is 5. The third kappa shape index (κ3) is 3.47. The van der Waals surface area contributed by atoms with Crippen molar-refractivity contribution in [3.05, 3.63) is 52.5 Å². The molecule has 0 spiro atoms. The largest absolute Gasteiger partial charge is 0.385 e. The van der Waals surface area contributed by atoms with E-state index < -0.39 is 5.60 Å². The van der Waals surface area contributed by atoms with Gasteiger partial charge in [-0.2, -0.15) is 0 Å². The van der Waals surface area contributed by atoms with Crippen LogP contribution < -0.4 is 5.32 Å². The molecule has 1 unspecified atom stereocenters. The molecular weight excluding hydrogens is 334 g/mol. The zero-order chi connectivity index (χ0) is 17.3. The van der Waals surface area contributed by atoms with Crippen molar-refractivity contribution >= 4 is 17.2 Å². The van der Waals surface area contributed by atoms with Gasteiger partial charge in [-0.3, -0.25) is 14.7 Å². The van der Waals surface area contributed by atoms with Crippen molar-refractivity contribution in [2.45, 2.75) is 49.9 Å². The van der Waals surface area contributed by atoms with E-state index >= 15 is 0 Å². The van der Waals surface area contributed by atoms with E-state index in [1.807, 2.05) is 29.6 Å². The normalized spacial score (nSPS) is 28.8. The molecule has 0 saturated carbocycles. The van der Waals surface area contributed by atoms with E-state index in [0.29, 0.717) is 25.9 Å². The van der Waals surface area contributed by atoms with Crippen molar-refractivity contribution < 1.29 is 9.90 Å². The topological polar surface area (TPSA) is 65.5 Å². The number of rotatable bonds is 5. The first-order valence-corrected chi connectivity index (χ1v) is 9.70. The Kier molecular flexibility index (Phi) is 4.58. The van der Waals surface area contributed by atoms with E-state index in [0.717, 1.165) is 18.4 Å². The minimum atomic E-state index is -0.815. The van der Waals surface area contributed by atoms with Gasteiger partial charge in [0.2, 0.25) is 5.91 Å². The maximum atomic E-state index is 12.3. The van der Waals surface area contributed by atoms with Crippen LogP contribution in [0.15, 0.2) is 42.0 Å². The van der Waals surface area contributed by atoms with Crippen molar-refractivity contribution in [2.24, 2.45) is 0 Å². The lowest BCUT2D eigenvalue weighted by Gasteiger charge is -2.43. The number of amides is 1. The number of aliphatic hydroxyl groups is 1. The van der Waals surface area contributed by atoms with E-state index in [4.69, 9.17) is 0 Å². The first-order chi connectivity index (χ1) is 12.1. The van der Waals surface area contributed by atoms with E-state index in [-0.39, 0.29) is 18.0 Å². The van der Waals surface area contributed by atoms with Crippen LogP contribution in [-0.4, -0.2) is 39.5 Å². The van der Waals surface area contributed by atoms with Crippen molar-refractivity contribution in [1.29, 1.82) is 0 Å². The van der Waals surface area contributed by atoms with Crippen LogP contribution in [0.3, 0.4) is 0 Å². The minimum absolute atomic E-state index is 0.0668. The molecule has 1 amide bonds. The number of aromatic nitrogens is 1. The molecule has 2 N–H and O–H groups in total. The van der Waals surface area contributed by atoms with Gasteiger partial charge in [0.25, 0.3) is 0 Å². The summed E-state index contributed by atoms with van der Waals surface area (Å²) in [5, 5.41) is 16.2. The van der Waals surface area contributed by atoms with Crippen LogP contribution in [0.2, 0.25) is 0 Å². The molecule has 132 valence electrons. The molecule has 6 heteroatoms. The molecule has 5 nitrogen and oxygen atoms in total. The summed E-state index contributed by atoms with van der Waals surface area (Å²) in [5.41, 5.74) is 0.0815. The molecule has 0 aliphatic carbocycles. The number of piperidine rings is 1. The van der Waals surface area contributed by atoms with Crippen molar-refractivity contribution in [1.82, 2.24) is 15.2 Å². The lowest BCUT2D eigenvalue weighted by molar-refractivity contribution is -0.126. The van der Waals surface area contributed by atoms with Crippen molar-refractivity contribution in [3.8, 4) is 0 Å². The number of hydrogen-bond donors (Lipinski definition) is 2.